The third kappa shape index (κ3) is 4.81. The molecule has 0 radical (unpaired) electrons. The zero-order valence-electron chi connectivity index (χ0n) is 22.6. The Kier molecular flexibility index (Phi) is 7.46. The molecule has 1 aliphatic carbocycles. The number of rotatable bonds is 4. The molecule has 2 N–H and O–H groups in total. The van der Waals surface area contributed by atoms with E-state index in [1.807, 2.05) is 46.8 Å². The van der Waals surface area contributed by atoms with Gasteiger partial charge in [-0.05, 0) is 82.6 Å². The number of aliphatic hydroxyl groups is 1. The second-order valence-electron chi connectivity index (χ2n) is 11.6. The third-order valence-corrected chi connectivity index (χ3v) is 10.5. The van der Waals surface area contributed by atoms with Gasteiger partial charge in [0.2, 0.25) is 0 Å². The molecule has 3 aliphatic rings. The van der Waals surface area contributed by atoms with E-state index in [0.717, 1.165) is 43.7 Å². The van der Waals surface area contributed by atoms with Crippen LogP contribution < -0.4 is 9.62 Å². The van der Waals surface area contributed by atoms with E-state index in [1.54, 1.807) is 11.0 Å². The molecule has 38 heavy (non-hydrogen) atoms. The molecule has 2 heterocycles. The van der Waals surface area contributed by atoms with E-state index >= 15 is 0 Å². The molecule has 1 fully saturated rings. The Bertz CT molecular complexity index is 1330. The van der Waals surface area contributed by atoms with E-state index in [0.29, 0.717) is 21.6 Å². The molecule has 9 heteroatoms. The van der Waals surface area contributed by atoms with Crippen molar-refractivity contribution in [2.24, 2.45) is 10.4 Å². The van der Waals surface area contributed by atoms with Crippen molar-refractivity contribution in [1.29, 1.82) is 0 Å². The zero-order chi connectivity index (χ0) is 27.4. The molecular formula is C29H36Cl2N4O2S. The van der Waals surface area contributed by atoms with Crippen LogP contribution in [-0.2, 0) is 17.4 Å². The zero-order valence-corrected chi connectivity index (χ0v) is 24.9. The highest BCUT2D eigenvalue weighted by Crippen LogP contribution is 2.53. The maximum Gasteiger partial charge on any atom is 0.158 e. The summed E-state index contributed by atoms with van der Waals surface area (Å²) >= 11 is 12.7. The first-order valence-corrected chi connectivity index (χ1v) is 15.0. The van der Waals surface area contributed by atoms with E-state index in [-0.39, 0.29) is 16.2 Å². The van der Waals surface area contributed by atoms with Crippen molar-refractivity contribution in [3.05, 3.63) is 75.0 Å². The summed E-state index contributed by atoms with van der Waals surface area (Å²) in [7, 11) is -1.17. The van der Waals surface area contributed by atoms with Crippen molar-refractivity contribution in [1.82, 2.24) is 9.62 Å². The first kappa shape index (κ1) is 27.7. The van der Waals surface area contributed by atoms with Crippen molar-refractivity contribution in [2.75, 3.05) is 18.0 Å². The predicted molar refractivity (Wildman–Crippen MR) is 158 cm³/mol. The van der Waals surface area contributed by atoms with E-state index < -0.39 is 17.2 Å². The van der Waals surface area contributed by atoms with Crippen LogP contribution >= 0.6 is 23.2 Å². The Balaban J connectivity index is 1.38. The summed E-state index contributed by atoms with van der Waals surface area (Å²) in [5.41, 5.74) is 4.01. The molecule has 0 bridgehead atoms. The van der Waals surface area contributed by atoms with Gasteiger partial charge in [0.1, 0.15) is 11.7 Å². The van der Waals surface area contributed by atoms with Crippen LogP contribution in [0.15, 0.2) is 58.9 Å². The Morgan fingerprint density at radius 3 is 2.45 bits per heavy atom. The Morgan fingerprint density at radius 1 is 1.08 bits per heavy atom. The largest absolute Gasteiger partial charge is 0.369 e. The van der Waals surface area contributed by atoms with Crippen molar-refractivity contribution < 1.29 is 9.32 Å². The Labute approximate surface area is 238 Å². The lowest BCUT2D eigenvalue weighted by Gasteiger charge is -2.46. The molecule has 2 aromatic rings. The molecule has 1 saturated heterocycles. The van der Waals surface area contributed by atoms with Gasteiger partial charge in [-0.15, -0.1) is 0 Å². The second kappa shape index (κ2) is 10.3. The highest BCUT2D eigenvalue weighted by Gasteiger charge is 2.49. The first-order chi connectivity index (χ1) is 17.9. The van der Waals surface area contributed by atoms with Gasteiger partial charge in [0.15, 0.2) is 6.23 Å². The quantitative estimate of drug-likeness (QED) is 0.455. The number of hydrogen-bond donors (Lipinski definition) is 2. The number of likely N-dealkylation sites (tertiary alicyclic amines) is 1. The van der Waals surface area contributed by atoms with Crippen LogP contribution in [0, 0.1) is 5.41 Å². The molecule has 3 atom stereocenters. The highest BCUT2D eigenvalue weighted by molar-refractivity contribution is 7.84. The molecule has 2 unspecified atom stereocenters. The van der Waals surface area contributed by atoms with Crippen LogP contribution in [0.2, 0.25) is 10.0 Å². The van der Waals surface area contributed by atoms with Gasteiger partial charge >= 0.3 is 0 Å². The fourth-order valence-electron chi connectivity index (χ4n) is 5.98. The summed E-state index contributed by atoms with van der Waals surface area (Å²) in [6.45, 7) is 11.5. The normalized spacial score (nSPS) is 24.1. The number of hydrogen-bond acceptors (Lipinski definition) is 5. The number of aliphatic hydroxyl groups excluding tert-OH is 1. The standard InChI is InChI=1S/C29H36Cl2N4O2S/c1-18-26(32-19(2)35(27(18)36)23-12-8-11-22(30)24(23)31)34-15-13-29(14-16-34)17-20-9-6-7-10-21(20)25(29)33-38(37)28(3,4)5/h6-12,25,27,33,36H,13-17H2,1-5H3/t25-,27?,38?/m1/s1. The maximum atomic E-state index is 13.2. The summed E-state index contributed by atoms with van der Waals surface area (Å²) in [4.78, 5) is 8.96. The number of halogens is 2. The van der Waals surface area contributed by atoms with Gasteiger partial charge in [-0.2, -0.15) is 0 Å². The SMILES string of the molecule is CC1=NC(N2CCC3(CC2)Cc2ccccc2[C@H]3NS(=O)C(C)(C)C)=C(C)C(O)N1c1cccc(Cl)c1Cl. The van der Waals surface area contributed by atoms with Crippen molar-refractivity contribution in [3.8, 4) is 0 Å². The lowest BCUT2D eigenvalue weighted by atomic mass is 9.73. The van der Waals surface area contributed by atoms with E-state index in [9.17, 15) is 9.32 Å². The van der Waals surface area contributed by atoms with E-state index in [2.05, 4.69) is 33.9 Å². The first-order valence-electron chi connectivity index (χ1n) is 13.1. The molecule has 2 aromatic carbocycles. The van der Waals surface area contributed by atoms with Crippen molar-refractivity contribution >= 4 is 45.7 Å². The number of aliphatic imine (C=N–C) groups is 1. The summed E-state index contributed by atoms with van der Waals surface area (Å²) in [6.07, 6.45) is 1.95. The number of piperidine rings is 1. The number of anilines is 1. The van der Waals surface area contributed by atoms with Crippen LogP contribution in [-0.4, -0.2) is 44.1 Å². The predicted octanol–water partition coefficient (Wildman–Crippen LogP) is 6.21. The van der Waals surface area contributed by atoms with Crippen LogP contribution in [0.5, 0.6) is 0 Å². The van der Waals surface area contributed by atoms with Gasteiger partial charge in [0.05, 0.1) is 37.5 Å². The number of amidine groups is 1. The topological polar surface area (TPSA) is 68.2 Å². The molecule has 0 aromatic heterocycles. The number of benzene rings is 2. The lowest BCUT2D eigenvalue weighted by molar-refractivity contribution is 0.0998. The molecule has 2 aliphatic heterocycles. The minimum atomic E-state index is -1.17. The summed E-state index contributed by atoms with van der Waals surface area (Å²) in [6, 6.07) is 14.0. The average molecular weight is 576 g/mol. The number of nitrogens with zero attached hydrogens (tertiary/aromatic N) is 3. The van der Waals surface area contributed by atoms with E-state index in [1.165, 1.54) is 11.1 Å². The summed E-state index contributed by atoms with van der Waals surface area (Å²) in [5, 5.41) is 12.2. The van der Waals surface area contributed by atoms with Gasteiger partial charge in [-0.25, -0.2) is 13.9 Å². The summed E-state index contributed by atoms with van der Waals surface area (Å²) < 4.78 is 16.4. The minimum Gasteiger partial charge on any atom is -0.369 e. The maximum absolute atomic E-state index is 13.2. The smallest absolute Gasteiger partial charge is 0.158 e. The van der Waals surface area contributed by atoms with Gasteiger partial charge in [0, 0.05) is 18.7 Å². The lowest BCUT2D eigenvalue weighted by Crippen LogP contribution is -2.49. The molecule has 1 spiro atoms. The van der Waals surface area contributed by atoms with Crippen LogP contribution in [0.4, 0.5) is 5.69 Å². The molecular weight excluding hydrogens is 539 g/mol. The van der Waals surface area contributed by atoms with Crippen LogP contribution in [0.1, 0.15) is 64.6 Å². The molecule has 5 rings (SSSR count). The van der Waals surface area contributed by atoms with Crippen molar-refractivity contribution in [2.45, 2.75) is 70.9 Å². The van der Waals surface area contributed by atoms with Gasteiger partial charge in [-0.1, -0.05) is 53.5 Å². The monoisotopic (exact) mass is 574 g/mol. The Hall–Kier alpha value is -1.90. The fraction of sp³-hybridized carbons (Fsp3) is 0.483. The average Bonchev–Trinajstić information content (AvgIpc) is 3.16. The van der Waals surface area contributed by atoms with Crippen molar-refractivity contribution in [3.63, 3.8) is 0 Å². The summed E-state index contributed by atoms with van der Waals surface area (Å²) in [5.74, 6) is 1.48. The molecule has 6 nitrogen and oxygen atoms in total. The third-order valence-electron chi connectivity index (χ3n) is 8.15. The molecule has 204 valence electrons. The fourth-order valence-corrected chi connectivity index (χ4v) is 7.31. The van der Waals surface area contributed by atoms with Gasteiger partial charge in [0.25, 0.3) is 0 Å². The second-order valence-corrected chi connectivity index (χ2v) is 14.4. The van der Waals surface area contributed by atoms with Gasteiger partial charge < -0.3 is 10.0 Å². The number of nitrogens with one attached hydrogen (secondary N) is 1. The van der Waals surface area contributed by atoms with Crippen LogP contribution in [0.3, 0.4) is 0 Å². The van der Waals surface area contributed by atoms with Gasteiger partial charge in [-0.3, -0.25) is 4.90 Å². The number of fused-ring (bicyclic) bond motifs is 1. The minimum absolute atomic E-state index is 0.0120. The highest BCUT2D eigenvalue weighted by atomic mass is 35.5. The van der Waals surface area contributed by atoms with E-state index in [4.69, 9.17) is 28.2 Å². The Morgan fingerprint density at radius 2 is 1.76 bits per heavy atom. The molecule has 0 saturated carbocycles. The molecule has 0 amide bonds. The van der Waals surface area contributed by atoms with Crippen LogP contribution in [0.25, 0.3) is 0 Å².